The molecule has 212 valence electrons. The minimum absolute atomic E-state index is 0.0319. The van der Waals surface area contributed by atoms with Crippen LogP contribution in [0.1, 0.15) is 60.8 Å². The van der Waals surface area contributed by atoms with E-state index in [-0.39, 0.29) is 53.3 Å². The van der Waals surface area contributed by atoms with Crippen molar-refractivity contribution in [1.82, 2.24) is 0 Å². The molecule has 4 rings (SSSR count). The van der Waals surface area contributed by atoms with E-state index in [1.54, 1.807) is 6.92 Å². The molecule has 0 aromatic heterocycles. The third kappa shape index (κ3) is 5.24. The van der Waals surface area contributed by atoms with Crippen LogP contribution in [0, 0.1) is 53.3 Å². The average Bonchev–Trinajstić information content (AvgIpc) is 2.83. The van der Waals surface area contributed by atoms with Gasteiger partial charge in [0, 0.05) is 11.8 Å². The number of ether oxygens (including phenoxy) is 3. The molecule has 9 nitrogen and oxygen atoms in total. The standard InChI is InChI=1S/C28H46O9/c1-11-7-12(2)20-17(8-11)22(30)15(5)19-13(3)9-14(4)26(37-27(34)21(19)20)16(6)35-28-25(33)24(32)23(31)18(10-29)36-28/h11-21,23-26,28-29,31-33H,7-10H2,1-6H3. The monoisotopic (exact) mass is 526 g/mol. The Balaban J connectivity index is 1.57. The fourth-order valence-electron chi connectivity index (χ4n) is 8.28. The third-order valence-corrected chi connectivity index (χ3v) is 9.92. The molecule has 2 aliphatic heterocycles. The summed E-state index contributed by atoms with van der Waals surface area (Å²) in [5, 5.41) is 40.2. The van der Waals surface area contributed by atoms with Crippen LogP contribution in [0.2, 0.25) is 0 Å². The number of fused-ring (bicyclic) bond motifs is 3. The van der Waals surface area contributed by atoms with Gasteiger partial charge in [-0.1, -0.05) is 34.6 Å². The van der Waals surface area contributed by atoms with Crippen LogP contribution in [0.5, 0.6) is 0 Å². The Morgan fingerprint density at radius 1 is 0.892 bits per heavy atom. The van der Waals surface area contributed by atoms with E-state index >= 15 is 0 Å². The Labute approximate surface area is 219 Å². The third-order valence-electron chi connectivity index (χ3n) is 9.92. The number of aliphatic hydroxyl groups is 4. The Bertz CT molecular complexity index is 830. The Kier molecular flexibility index (Phi) is 8.73. The Morgan fingerprint density at radius 2 is 1.54 bits per heavy atom. The second kappa shape index (κ2) is 11.2. The van der Waals surface area contributed by atoms with E-state index in [1.807, 2.05) is 13.8 Å². The number of rotatable bonds is 4. The fraction of sp³-hybridized carbons (Fsp3) is 0.929. The van der Waals surface area contributed by atoms with Gasteiger partial charge in [0.05, 0.1) is 18.6 Å². The summed E-state index contributed by atoms with van der Waals surface area (Å²) in [4.78, 5) is 27.4. The van der Waals surface area contributed by atoms with Crippen molar-refractivity contribution < 1.29 is 44.2 Å². The first-order valence-electron chi connectivity index (χ1n) is 14.1. The number of aliphatic hydroxyl groups excluding tert-OH is 4. The van der Waals surface area contributed by atoms with Crippen molar-refractivity contribution in [2.75, 3.05) is 6.61 Å². The molecule has 16 unspecified atom stereocenters. The molecule has 4 fully saturated rings. The van der Waals surface area contributed by atoms with Gasteiger partial charge in [0.1, 0.15) is 36.3 Å². The minimum Gasteiger partial charge on any atom is -0.459 e. The van der Waals surface area contributed by atoms with Gasteiger partial charge in [0.2, 0.25) is 0 Å². The van der Waals surface area contributed by atoms with Crippen LogP contribution in [-0.2, 0) is 23.8 Å². The predicted octanol–water partition coefficient (Wildman–Crippen LogP) is 1.53. The maximum absolute atomic E-state index is 13.9. The first-order chi connectivity index (χ1) is 17.4. The van der Waals surface area contributed by atoms with Crippen LogP contribution in [0.25, 0.3) is 0 Å². The predicted molar refractivity (Wildman–Crippen MR) is 133 cm³/mol. The molecule has 0 amide bonds. The summed E-state index contributed by atoms with van der Waals surface area (Å²) in [6.45, 7) is 11.6. The van der Waals surface area contributed by atoms with Crippen molar-refractivity contribution in [3.63, 3.8) is 0 Å². The number of carbonyl (C=O) groups excluding carboxylic acids is 2. The van der Waals surface area contributed by atoms with Gasteiger partial charge < -0.3 is 34.6 Å². The van der Waals surface area contributed by atoms with Crippen molar-refractivity contribution in [1.29, 1.82) is 0 Å². The Hall–Kier alpha value is -1.10. The van der Waals surface area contributed by atoms with Gasteiger partial charge in [-0.2, -0.15) is 0 Å². The molecule has 0 aromatic carbocycles. The number of carbonyl (C=O) groups is 2. The molecule has 0 bridgehead atoms. The van der Waals surface area contributed by atoms with Crippen LogP contribution in [0.4, 0.5) is 0 Å². The SMILES string of the molecule is CC1CC(C)C2C(C1)C(=O)C(C)C1C(C)CC(C)C(C(C)OC3OC(CO)C(O)C(O)C3O)OC(=O)C12. The summed E-state index contributed by atoms with van der Waals surface area (Å²) in [7, 11) is 0. The van der Waals surface area contributed by atoms with Gasteiger partial charge in [0.25, 0.3) is 0 Å². The molecule has 4 N–H and O–H groups in total. The van der Waals surface area contributed by atoms with Crippen molar-refractivity contribution in [2.24, 2.45) is 53.3 Å². The highest BCUT2D eigenvalue weighted by Crippen LogP contribution is 2.54. The highest BCUT2D eigenvalue weighted by molar-refractivity contribution is 5.88. The molecule has 16 atom stereocenters. The zero-order valence-corrected chi connectivity index (χ0v) is 22.9. The zero-order chi connectivity index (χ0) is 27.3. The van der Waals surface area contributed by atoms with Crippen molar-refractivity contribution in [3.05, 3.63) is 0 Å². The highest BCUT2D eigenvalue weighted by atomic mass is 16.7. The summed E-state index contributed by atoms with van der Waals surface area (Å²) in [6, 6.07) is 0. The molecule has 9 heteroatoms. The molecular weight excluding hydrogens is 480 g/mol. The van der Waals surface area contributed by atoms with Crippen LogP contribution >= 0.6 is 0 Å². The van der Waals surface area contributed by atoms with Crippen LogP contribution in [-0.4, -0.2) is 81.7 Å². The van der Waals surface area contributed by atoms with E-state index in [0.29, 0.717) is 11.7 Å². The van der Waals surface area contributed by atoms with Gasteiger partial charge in [0.15, 0.2) is 6.29 Å². The molecule has 2 heterocycles. The van der Waals surface area contributed by atoms with Crippen LogP contribution in [0.3, 0.4) is 0 Å². The summed E-state index contributed by atoms with van der Waals surface area (Å²) >= 11 is 0. The van der Waals surface area contributed by atoms with Gasteiger partial charge in [-0.15, -0.1) is 0 Å². The molecule has 37 heavy (non-hydrogen) atoms. The first kappa shape index (κ1) is 28.9. The summed E-state index contributed by atoms with van der Waals surface area (Å²) in [6.07, 6.45) is -5.71. The van der Waals surface area contributed by atoms with E-state index in [0.717, 1.165) is 19.3 Å². The number of Topliss-reactive ketones (excluding diaryl/α,β-unsaturated/α-hetero) is 1. The molecule has 4 aliphatic rings. The average molecular weight is 527 g/mol. The second-order valence-corrected chi connectivity index (χ2v) is 12.7. The van der Waals surface area contributed by atoms with Gasteiger partial charge in [-0.25, -0.2) is 0 Å². The largest absolute Gasteiger partial charge is 0.459 e. The van der Waals surface area contributed by atoms with E-state index in [1.165, 1.54) is 0 Å². The molecule has 0 aromatic rings. The molecular formula is C28H46O9. The van der Waals surface area contributed by atoms with E-state index in [4.69, 9.17) is 14.2 Å². The maximum atomic E-state index is 13.9. The minimum atomic E-state index is -1.55. The molecule has 2 saturated carbocycles. The Morgan fingerprint density at radius 3 is 2.19 bits per heavy atom. The number of hydrogen-bond acceptors (Lipinski definition) is 9. The maximum Gasteiger partial charge on any atom is 0.309 e. The van der Waals surface area contributed by atoms with Crippen molar-refractivity contribution in [3.8, 4) is 0 Å². The van der Waals surface area contributed by atoms with Gasteiger partial charge in [-0.3, -0.25) is 9.59 Å². The van der Waals surface area contributed by atoms with Gasteiger partial charge in [-0.05, 0) is 61.7 Å². The lowest BCUT2D eigenvalue weighted by molar-refractivity contribution is -0.317. The topological polar surface area (TPSA) is 143 Å². The lowest BCUT2D eigenvalue weighted by Crippen LogP contribution is -2.60. The summed E-state index contributed by atoms with van der Waals surface area (Å²) in [5.41, 5.74) is 0. The van der Waals surface area contributed by atoms with E-state index < -0.39 is 49.5 Å². The molecule has 0 radical (unpaired) electrons. The van der Waals surface area contributed by atoms with Crippen LogP contribution < -0.4 is 0 Å². The lowest BCUT2D eigenvalue weighted by atomic mass is 9.51. The normalized spacial score (nSPS) is 51.8. The van der Waals surface area contributed by atoms with E-state index in [2.05, 4.69) is 20.8 Å². The summed E-state index contributed by atoms with van der Waals surface area (Å²) < 4.78 is 17.7. The van der Waals surface area contributed by atoms with Crippen molar-refractivity contribution >= 4 is 11.8 Å². The fourth-order valence-corrected chi connectivity index (χ4v) is 8.28. The van der Waals surface area contributed by atoms with Gasteiger partial charge >= 0.3 is 5.97 Å². The van der Waals surface area contributed by atoms with E-state index in [9.17, 15) is 30.0 Å². The number of cyclic esters (lactones) is 1. The quantitative estimate of drug-likeness (QED) is 0.401. The smallest absolute Gasteiger partial charge is 0.309 e. The number of ketones is 1. The zero-order valence-electron chi connectivity index (χ0n) is 22.9. The number of esters is 1. The van der Waals surface area contributed by atoms with Crippen molar-refractivity contribution in [2.45, 2.75) is 104 Å². The molecule has 0 spiro atoms. The second-order valence-electron chi connectivity index (χ2n) is 12.7. The summed E-state index contributed by atoms with van der Waals surface area (Å²) in [5.74, 6) is -0.0269. The highest BCUT2D eigenvalue weighted by Gasteiger charge is 2.57. The van der Waals surface area contributed by atoms with Crippen LogP contribution in [0.15, 0.2) is 0 Å². The molecule has 2 saturated heterocycles. The lowest BCUT2D eigenvalue weighted by Gasteiger charge is -2.53. The number of hydrogen-bond donors (Lipinski definition) is 4. The molecule has 2 aliphatic carbocycles. The first-order valence-corrected chi connectivity index (χ1v) is 14.1.